The standard InChI is InChI=1S/C12H18FN/c1-9-10(5-4-6-11(9)13)7-8-12(2,3)14/h4-6H,7-8,14H2,1-3H3. The van der Waals surface area contributed by atoms with Gasteiger partial charge in [0, 0.05) is 5.54 Å². The average molecular weight is 195 g/mol. The molecule has 0 atom stereocenters. The molecular formula is C12H18FN. The molecule has 78 valence electrons. The van der Waals surface area contributed by atoms with Gasteiger partial charge in [0.25, 0.3) is 0 Å². The molecule has 0 fully saturated rings. The van der Waals surface area contributed by atoms with Gasteiger partial charge >= 0.3 is 0 Å². The Bertz CT molecular complexity index is 313. The summed E-state index contributed by atoms with van der Waals surface area (Å²) < 4.78 is 13.2. The van der Waals surface area contributed by atoms with Gasteiger partial charge in [-0.25, -0.2) is 4.39 Å². The summed E-state index contributed by atoms with van der Waals surface area (Å²) in [6.07, 6.45) is 1.71. The molecule has 1 aromatic rings. The largest absolute Gasteiger partial charge is 0.326 e. The molecule has 0 spiro atoms. The number of benzene rings is 1. The fourth-order valence-electron chi connectivity index (χ4n) is 1.38. The van der Waals surface area contributed by atoms with Crippen LogP contribution in [0.25, 0.3) is 0 Å². The molecule has 0 bridgehead atoms. The number of nitrogens with two attached hydrogens (primary N) is 1. The van der Waals surface area contributed by atoms with Gasteiger partial charge in [-0.15, -0.1) is 0 Å². The highest BCUT2D eigenvalue weighted by Crippen LogP contribution is 2.16. The van der Waals surface area contributed by atoms with Crippen LogP contribution in [0, 0.1) is 12.7 Å². The molecule has 1 aromatic carbocycles. The minimum atomic E-state index is -0.182. The van der Waals surface area contributed by atoms with Crippen LogP contribution in [0.15, 0.2) is 18.2 Å². The van der Waals surface area contributed by atoms with Gasteiger partial charge in [-0.3, -0.25) is 0 Å². The predicted octanol–water partition coefficient (Wildman–Crippen LogP) is 2.80. The zero-order valence-corrected chi connectivity index (χ0v) is 9.10. The number of hydrogen-bond acceptors (Lipinski definition) is 1. The molecule has 0 amide bonds. The first-order valence-electron chi connectivity index (χ1n) is 4.93. The van der Waals surface area contributed by atoms with Crippen LogP contribution >= 0.6 is 0 Å². The zero-order chi connectivity index (χ0) is 10.8. The lowest BCUT2D eigenvalue weighted by Gasteiger charge is -2.18. The van der Waals surface area contributed by atoms with E-state index in [1.807, 2.05) is 26.8 Å². The minimum Gasteiger partial charge on any atom is -0.326 e. The fraction of sp³-hybridized carbons (Fsp3) is 0.500. The Morgan fingerprint density at radius 1 is 1.36 bits per heavy atom. The summed E-state index contributed by atoms with van der Waals surface area (Å²) in [5.74, 6) is -0.127. The highest BCUT2D eigenvalue weighted by Gasteiger charge is 2.12. The first-order chi connectivity index (χ1) is 6.40. The van der Waals surface area contributed by atoms with Gasteiger partial charge in [-0.2, -0.15) is 0 Å². The van der Waals surface area contributed by atoms with Gasteiger partial charge in [-0.1, -0.05) is 12.1 Å². The summed E-state index contributed by atoms with van der Waals surface area (Å²) in [7, 11) is 0. The van der Waals surface area contributed by atoms with Crippen LogP contribution in [0.4, 0.5) is 4.39 Å². The Hall–Kier alpha value is -0.890. The van der Waals surface area contributed by atoms with E-state index in [0.717, 1.165) is 24.0 Å². The highest BCUT2D eigenvalue weighted by molar-refractivity contribution is 5.27. The Kier molecular flexibility index (Phi) is 3.27. The Labute approximate surface area is 85.1 Å². The maximum Gasteiger partial charge on any atom is 0.126 e. The molecule has 0 unspecified atom stereocenters. The van der Waals surface area contributed by atoms with Crippen molar-refractivity contribution in [2.75, 3.05) is 0 Å². The molecule has 0 aliphatic heterocycles. The molecule has 0 aromatic heterocycles. The number of hydrogen-bond donors (Lipinski definition) is 1. The van der Waals surface area contributed by atoms with Crippen molar-refractivity contribution >= 4 is 0 Å². The van der Waals surface area contributed by atoms with E-state index in [4.69, 9.17) is 5.73 Å². The van der Waals surface area contributed by atoms with E-state index in [-0.39, 0.29) is 11.4 Å². The second-order valence-electron chi connectivity index (χ2n) is 4.51. The van der Waals surface area contributed by atoms with Gasteiger partial charge < -0.3 is 5.73 Å². The first-order valence-corrected chi connectivity index (χ1v) is 4.93. The lowest BCUT2D eigenvalue weighted by Crippen LogP contribution is -2.32. The quantitative estimate of drug-likeness (QED) is 0.788. The molecule has 0 aliphatic carbocycles. The summed E-state index contributed by atoms with van der Waals surface area (Å²) in [6, 6.07) is 5.21. The predicted molar refractivity (Wildman–Crippen MR) is 57.7 cm³/mol. The van der Waals surface area contributed by atoms with E-state index in [9.17, 15) is 4.39 Å². The van der Waals surface area contributed by atoms with Crippen molar-refractivity contribution < 1.29 is 4.39 Å². The lowest BCUT2D eigenvalue weighted by molar-refractivity contribution is 0.475. The van der Waals surface area contributed by atoms with Crippen molar-refractivity contribution in [2.24, 2.45) is 5.73 Å². The molecule has 14 heavy (non-hydrogen) atoms. The van der Waals surface area contributed by atoms with E-state index in [1.54, 1.807) is 6.07 Å². The molecule has 2 N–H and O–H groups in total. The number of aryl methyl sites for hydroxylation is 1. The van der Waals surface area contributed by atoms with Crippen LogP contribution in [-0.2, 0) is 6.42 Å². The average Bonchev–Trinajstić information content (AvgIpc) is 2.06. The Morgan fingerprint density at radius 2 is 2.00 bits per heavy atom. The number of rotatable bonds is 3. The third-order valence-corrected chi connectivity index (χ3v) is 2.42. The third-order valence-electron chi connectivity index (χ3n) is 2.42. The molecular weight excluding hydrogens is 177 g/mol. The van der Waals surface area contributed by atoms with E-state index in [1.165, 1.54) is 6.07 Å². The molecule has 1 nitrogen and oxygen atoms in total. The summed E-state index contributed by atoms with van der Waals surface area (Å²) in [4.78, 5) is 0. The normalized spacial score (nSPS) is 11.8. The van der Waals surface area contributed by atoms with Crippen molar-refractivity contribution in [3.8, 4) is 0 Å². The summed E-state index contributed by atoms with van der Waals surface area (Å²) >= 11 is 0. The Morgan fingerprint density at radius 3 is 2.57 bits per heavy atom. The minimum absolute atomic E-state index is 0.127. The van der Waals surface area contributed by atoms with Gasteiger partial charge in [0.15, 0.2) is 0 Å². The molecule has 0 aliphatic rings. The van der Waals surface area contributed by atoms with Crippen molar-refractivity contribution in [1.82, 2.24) is 0 Å². The van der Waals surface area contributed by atoms with Crippen molar-refractivity contribution in [2.45, 2.75) is 39.2 Å². The van der Waals surface area contributed by atoms with Crippen molar-refractivity contribution in [3.05, 3.63) is 35.1 Å². The summed E-state index contributed by atoms with van der Waals surface area (Å²) in [5.41, 5.74) is 7.50. The number of halogens is 1. The van der Waals surface area contributed by atoms with Gasteiger partial charge in [0.05, 0.1) is 0 Å². The van der Waals surface area contributed by atoms with Crippen LogP contribution < -0.4 is 5.73 Å². The first kappa shape index (κ1) is 11.2. The molecule has 0 radical (unpaired) electrons. The van der Waals surface area contributed by atoms with E-state index in [0.29, 0.717) is 0 Å². The van der Waals surface area contributed by atoms with E-state index < -0.39 is 0 Å². The van der Waals surface area contributed by atoms with Gasteiger partial charge in [0.1, 0.15) is 5.82 Å². The highest BCUT2D eigenvalue weighted by atomic mass is 19.1. The SMILES string of the molecule is Cc1c(F)cccc1CCC(C)(C)N. The monoisotopic (exact) mass is 195 g/mol. The van der Waals surface area contributed by atoms with E-state index in [2.05, 4.69) is 0 Å². The van der Waals surface area contributed by atoms with Gasteiger partial charge in [0.2, 0.25) is 0 Å². The third kappa shape index (κ3) is 3.11. The van der Waals surface area contributed by atoms with Crippen LogP contribution in [0.1, 0.15) is 31.4 Å². The zero-order valence-electron chi connectivity index (χ0n) is 9.10. The Balaban J connectivity index is 2.73. The topological polar surface area (TPSA) is 26.0 Å². The van der Waals surface area contributed by atoms with Crippen molar-refractivity contribution in [1.29, 1.82) is 0 Å². The smallest absolute Gasteiger partial charge is 0.126 e. The van der Waals surface area contributed by atoms with Crippen LogP contribution in [0.2, 0.25) is 0 Å². The van der Waals surface area contributed by atoms with E-state index >= 15 is 0 Å². The molecule has 0 saturated carbocycles. The van der Waals surface area contributed by atoms with Crippen LogP contribution in [0.3, 0.4) is 0 Å². The fourth-order valence-corrected chi connectivity index (χ4v) is 1.38. The van der Waals surface area contributed by atoms with Crippen LogP contribution in [0.5, 0.6) is 0 Å². The maximum absolute atomic E-state index is 13.2. The molecule has 1 rings (SSSR count). The van der Waals surface area contributed by atoms with Gasteiger partial charge in [-0.05, 0) is 50.8 Å². The molecule has 2 heteroatoms. The molecule has 0 heterocycles. The maximum atomic E-state index is 13.2. The summed E-state index contributed by atoms with van der Waals surface area (Å²) in [5, 5.41) is 0. The lowest BCUT2D eigenvalue weighted by atomic mass is 9.94. The second-order valence-corrected chi connectivity index (χ2v) is 4.51. The van der Waals surface area contributed by atoms with Crippen molar-refractivity contribution in [3.63, 3.8) is 0 Å². The second kappa shape index (κ2) is 4.09. The van der Waals surface area contributed by atoms with Crippen LogP contribution in [-0.4, -0.2) is 5.54 Å². The molecule has 0 saturated heterocycles. The summed E-state index contributed by atoms with van der Waals surface area (Å²) in [6.45, 7) is 5.79.